The molecule has 1 rings (SSSR count). The molecule has 0 heterocycles. The zero-order chi connectivity index (χ0) is 16.8. The highest BCUT2D eigenvalue weighted by Gasteiger charge is 2.43. The summed E-state index contributed by atoms with van der Waals surface area (Å²) in [6, 6.07) is 0. The number of rotatable bonds is 9. The van der Waals surface area contributed by atoms with Gasteiger partial charge in [0.25, 0.3) is 0 Å². The number of ether oxygens (including phenoxy) is 1. The lowest BCUT2D eigenvalue weighted by atomic mass is 9.86. The van der Waals surface area contributed by atoms with Crippen LogP contribution in [0.25, 0.3) is 0 Å². The van der Waals surface area contributed by atoms with E-state index >= 15 is 0 Å². The molecule has 2 atom stereocenters. The zero-order valence-electron chi connectivity index (χ0n) is 14.7. The maximum Gasteiger partial charge on any atom is 0.311 e. The van der Waals surface area contributed by atoms with Crippen molar-refractivity contribution in [2.45, 2.75) is 59.8 Å². The quantitative estimate of drug-likeness (QED) is 0.521. The molecule has 126 valence electrons. The Morgan fingerprint density at radius 3 is 2.59 bits per heavy atom. The molecule has 4 nitrogen and oxygen atoms in total. The van der Waals surface area contributed by atoms with Gasteiger partial charge >= 0.3 is 5.97 Å². The molecule has 1 fully saturated rings. The minimum absolute atomic E-state index is 0.123. The Hall–Kier alpha value is -1.16. The number of methoxy groups -OCH3 is 1. The Bertz CT molecular complexity index is 438. The van der Waals surface area contributed by atoms with Crippen molar-refractivity contribution < 1.29 is 14.6 Å². The topological polar surface area (TPSA) is 58.9 Å². The van der Waals surface area contributed by atoms with Gasteiger partial charge in [-0.15, -0.1) is 0 Å². The first kappa shape index (κ1) is 18.9. The van der Waals surface area contributed by atoms with E-state index in [1.165, 1.54) is 19.2 Å². The molecule has 0 aromatic heterocycles. The van der Waals surface area contributed by atoms with Crippen molar-refractivity contribution in [2.24, 2.45) is 22.2 Å². The molecule has 1 saturated carbocycles. The van der Waals surface area contributed by atoms with Crippen molar-refractivity contribution in [3.63, 3.8) is 0 Å². The average Bonchev–Trinajstić information content (AvgIpc) is 3.21. The van der Waals surface area contributed by atoms with Crippen LogP contribution in [0.5, 0.6) is 0 Å². The molecule has 0 amide bonds. The van der Waals surface area contributed by atoms with E-state index in [1.54, 1.807) is 0 Å². The molecule has 22 heavy (non-hydrogen) atoms. The lowest BCUT2D eigenvalue weighted by Crippen LogP contribution is -2.26. The molecular weight excluding hydrogens is 278 g/mol. The summed E-state index contributed by atoms with van der Waals surface area (Å²) < 4.78 is 4.88. The van der Waals surface area contributed by atoms with Gasteiger partial charge in [-0.25, -0.2) is 0 Å². The zero-order valence-corrected chi connectivity index (χ0v) is 14.7. The Balaban J connectivity index is 2.55. The summed E-state index contributed by atoms with van der Waals surface area (Å²) in [6.45, 7) is 8.14. The predicted molar refractivity (Wildman–Crippen MR) is 89.8 cm³/mol. The van der Waals surface area contributed by atoms with E-state index in [0.29, 0.717) is 18.3 Å². The molecule has 0 saturated heterocycles. The molecule has 0 aliphatic heterocycles. The Morgan fingerprint density at radius 1 is 1.41 bits per heavy atom. The molecular formula is C18H31NO3. The van der Waals surface area contributed by atoms with Gasteiger partial charge in [0.1, 0.15) is 0 Å². The van der Waals surface area contributed by atoms with Gasteiger partial charge in [-0.1, -0.05) is 13.0 Å². The third kappa shape index (κ3) is 5.56. The van der Waals surface area contributed by atoms with Crippen molar-refractivity contribution in [1.29, 1.82) is 0 Å². The van der Waals surface area contributed by atoms with Crippen molar-refractivity contribution in [2.75, 3.05) is 13.7 Å². The van der Waals surface area contributed by atoms with E-state index < -0.39 is 5.41 Å². The predicted octanol–water partition coefficient (Wildman–Crippen LogP) is 3.74. The van der Waals surface area contributed by atoms with Crippen LogP contribution in [-0.2, 0) is 9.53 Å². The molecule has 0 spiro atoms. The highest BCUT2D eigenvalue weighted by Crippen LogP contribution is 2.48. The summed E-state index contributed by atoms with van der Waals surface area (Å²) in [7, 11) is 1.45. The van der Waals surface area contributed by atoms with Gasteiger partial charge < -0.3 is 9.84 Å². The largest absolute Gasteiger partial charge is 0.469 e. The number of hydrogen-bond acceptors (Lipinski definition) is 4. The number of esters is 1. The SMILES string of the molecule is C/C=C(CCO)\N=C(/CC)CC1CC1CC(C)(C)C(=O)OC. The van der Waals surface area contributed by atoms with Crippen LogP contribution in [0.15, 0.2) is 16.8 Å². The monoisotopic (exact) mass is 309 g/mol. The minimum atomic E-state index is -0.400. The Labute approximate surface area is 134 Å². The summed E-state index contributed by atoms with van der Waals surface area (Å²) in [6.07, 6.45) is 6.58. The number of aliphatic imine (C=N–C) groups is 1. The first-order valence-corrected chi connectivity index (χ1v) is 8.28. The standard InChI is InChI=1S/C18H31NO3/c1-6-15(8-9-20)19-16(7-2)11-13-10-14(13)12-18(3,4)17(21)22-5/h6,13-14,20H,7-12H2,1-5H3/b15-6-,19-16+. The van der Waals surface area contributed by atoms with Gasteiger partial charge in [0.15, 0.2) is 0 Å². The fourth-order valence-corrected chi connectivity index (χ4v) is 2.98. The number of carbonyl (C=O) groups is 1. The van der Waals surface area contributed by atoms with Crippen LogP contribution >= 0.6 is 0 Å². The van der Waals surface area contributed by atoms with Crippen LogP contribution < -0.4 is 0 Å². The minimum Gasteiger partial charge on any atom is -0.469 e. The van der Waals surface area contributed by atoms with Crippen LogP contribution in [0.4, 0.5) is 0 Å². The maximum absolute atomic E-state index is 11.8. The van der Waals surface area contributed by atoms with E-state index in [1.807, 2.05) is 26.8 Å². The first-order valence-electron chi connectivity index (χ1n) is 8.28. The van der Waals surface area contributed by atoms with E-state index in [9.17, 15) is 4.79 Å². The highest BCUT2D eigenvalue weighted by atomic mass is 16.5. The van der Waals surface area contributed by atoms with Gasteiger partial charge in [0, 0.05) is 24.4 Å². The Morgan fingerprint density at radius 2 is 2.09 bits per heavy atom. The molecule has 4 heteroatoms. The second kappa shape index (κ2) is 8.47. The summed E-state index contributed by atoms with van der Waals surface area (Å²) in [5, 5.41) is 9.04. The van der Waals surface area contributed by atoms with Crippen molar-refractivity contribution in [1.82, 2.24) is 0 Å². The second-order valence-corrected chi connectivity index (χ2v) is 6.82. The number of carbonyl (C=O) groups excluding carboxylic acids is 1. The fourth-order valence-electron chi connectivity index (χ4n) is 2.98. The number of aliphatic hydroxyl groups is 1. The van der Waals surface area contributed by atoms with E-state index in [2.05, 4.69) is 6.92 Å². The van der Waals surface area contributed by atoms with Crippen LogP contribution in [0.2, 0.25) is 0 Å². The van der Waals surface area contributed by atoms with Crippen LogP contribution in [0.1, 0.15) is 59.8 Å². The third-order valence-corrected chi connectivity index (χ3v) is 4.49. The van der Waals surface area contributed by atoms with Crippen molar-refractivity contribution in [3.8, 4) is 0 Å². The molecule has 1 N–H and O–H groups in total. The second-order valence-electron chi connectivity index (χ2n) is 6.82. The number of aliphatic hydroxyl groups excluding tert-OH is 1. The van der Waals surface area contributed by atoms with Gasteiger partial charge in [0.05, 0.1) is 12.5 Å². The van der Waals surface area contributed by atoms with Crippen molar-refractivity contribution in [3.05, 3.63) is 11.8 Å². The molecule has 1 aliphatic rings. The van der Waals surface area contributed by atoms with Crippen LogP contribution in [-0.4, -0.2) is 30.5 Å². The smallest absolute Gasteiger partial charge is 0.311 e. The number of hydrogen-bond donors (Lipinski definition) is 1. The molecule has 2 unspecified atom stereocenters. The van der Waals surface area contributed by atoms with Gasteiger partial charge in [-0.05, 0) is 58.3 Å². The summed E-state index contributed by atoms with van der Waals surface area (Å²) in [5.41, 5.74) is 1.76. The molecule has 0 aromatic rings. The van der Waals surface area contributed by atoms with E-state index in [4.69, 9.17) is 14.8 Å². The lowest BCUT2D eigenvalue weighted by molar-refractivity contribution is -0.151. The van der Waals surface area contributed by atoms with Gasteiger partial charge in [0.2, 0.25) is 0 Å². The lowest BCUT2D eigenvalue weighted by Gasteiger charge is -2.21. The number of allylic oxidation sites excluding steroid dienone is 1. The number of nitrogens with zero attached hydrogens (tertiary/aromatic N) is 1. The van der Waals surface area contributed by atoms with Crippen LogP contribution in [0.3, 0.4) is 0 Å². The van der Waals surface area contributed by atoms with Gasteiger partial charge in [-0.3, -0.25) is 9.79 Å². The third-order valence-electron chi connectivity index (χ3n) is 4.49. The van der Waals surface area contributed by atoms with Crippen molar-refractivity contribution >= 4 is 11.7 Å². The molecule has 0 bridgehead atoms. The summed E-state index contributed by atoms with van der Waals surface area (Å²) in [5.74, 6) is 1.11. The summed E-state index contributed by atoms with van der Waals surface area (Å²) >= 11 is 0. The summed E-state index contributed by atoms with van der Waals surface area (Å²) in [4.78, 5) is 16.5. The maximum atomic E-state index is 11.8. The molecule has 0 radical (unpaired) electrons. The first-order chi connectivity index (χ1) is 10.4. The Kier molecular flexibility index (Phi) is 7.27. The molecule has 0 aromatic carbocycles. The van der Waals surface area contributed by atoms with E-state index in [-0.39, 0.29) is 12.6 Å². The average molecular weight is 309 g/mol. The normalized spacial score (nSPS) is 22.6. The van der Waals surface area contributed by atoms with Crippen LogP contribution in [0, 0.1) is 17.3 Å². The van der Waals surface area contributed by atoms with E-state index in [0.717, 1.165) is 25.0 Å². The molecule has 1 aliphatic carbocycles. The highest BCUT2D eigenvalue weighted by molar-refractivity contribution is 5.85. The fraction of sp³-hybridized carbons (Fsp3) is 0.778. The van der Waals surface area contributed by atoms with Gasteiger partial charge in [-0.2, -0.15) is 0 Å².